The van der Waals surface area contributed by atoms with E-state index in [0.717, 1.165) is 18.1 Å². The molecule has 6 nitrogen and oxygen atoms in total. The molecule has 2 saturated heterocycles. The molecule has 3 aromatic rings. The highest BCUT2D eigenvalue weighted by atomic mass is 16.1. The minimum Gasteiger partial charge on any atom is -0.371 e. The number of piperidine rings is 2. The summed E-state index contributed by atoms with van der Waals surface area (Å²) in [4.78, 5) is 21.1. The number of carbonyl (C=O) groups excluding carboxylic acids is 1. The van der Waals surface area contributed by atoms with E-state index in [1.165, 1.54) is 87.9 Å². The molecule has 6 heteroatoms. The highest BCUT2D eigenvalue weighted by Gasteiger charge is 2.39. The first-order chi connectivity index (χ1) is 16.6. The maximum absolute atomic E-state index is 11.4. The number of benzene rings is 1. The van der Waals surface area contributed by atoms with Crippen molar-refractivity contribution in [2.24, 2.45) is 11.1 Å². The third-order valence-corrected chi connectivity index (χ3v) is 8.76. The fraction of sp³-hybridized carbons (Fsp3) is 0.500. The van der Waals surface area contributed by atoms with E-state index in [2.05, 4.69) is 45.1 Å². The Morgan fingerprint density at radius 2 is 1.68 bits per heavy atom. The summed E-state index contributed by atoms with van der Waals surface area (Å²) in [7, 11) is 0. The summed E-state index contributed by atoms with van der Waals surface area (Å²) < 4.78 is 1.84. The molecule has 1 saturated carbocycles. The fourth-order valence-corrected chi connectivity index (χ4v) is 6.17. The summed E-state index contributed by atoms with van der Waals surface area (Å²) in [5.74, 6) is -0.497. The van der Waals surface area contributed by atoms with Gasteiger partial charge in [0.15, 0.2) is 0 Å². The predicted molar refractivity (Wildman–Crippen MR) is 135 cm³/mol. The maximum atomic E-state index is 11.4. The Morgan fingerprint density at radius 1 is 0.971 bits per heavy atom. The van der Waals surface area contributed by atoms with Gasteiger partial charge in [-0.15, -0.1) is 0 Å². The number of aromatic nitrogens is 2. The van der Waals surface area contributed by atoms with E-state index in [-0.39, 0.29) is 0 Å². The number of anilines is 1. The van der Waals surface area contributed by atoms with Crippen LogP contribution in [0.4, 0.5) is 5.69 Å². The van der Waals surface area contributed by atoms with Crippen LogP contribution in [-0.4, -0.2) is 52.4 Å². The number of hydrogen-bond acceptors (Lipinski definition) is 4. The van der Waals surface area contributed by atoms with Gasteiger partial charge in [-0.2, -0.15) is 0 Å². The van der Waals surface area contributed by atoms with Crippen molar-refractivity contribution in [1.29, 1.82) is 0 Å². The van der Waals surface area contributed by atoms with Crippen LogP contribution in [0.1, 0.15) is 66.6 Å². The normalized spacial score (nSPS) is 21.1. The Kier molecular flexibility index (Phi) is 5.56. The number of primary amides is 1. The zero-order chi connectivity index (χ0) is 23.1. The molecule has 34 heavy (non-hydrogen) atoms. The number of amides is 1. The fourth-order valence-electron chi connectivity index (χ4n) is 6.17. The molecule has 178 valence electrons. The molecule has 6 rings (SSSR count). The van der Waals surface area contributed by atoms with Crippen molar-refractivity contribution < 1.29 is 4.79 Å². The summed E-state index contributed by atoms with van der Waals surface area (Å²) >= 11 is 0. The van der Waals surface area contributed by atoms with Crippen molar-refractivity contribution in [1.82, 2.24) is 14.3 Å². The molecule has 0 atom stereocenters. The third-order valence-electron chi connectivity index (χ3n) is 8.76. The first kappa shape index (κ1) is 21.7. The molecule has 3 aliphatic rings. The predicted octanol–water partition coefficient (Wildman–Crippen LogP) is 4.26. The van der Waals surface area contributed by atoms with Gasteiger partial charge in [-0.1, -0.05) is 18.6 Å². The molecule has 1 aliphatic carbocycles. The second-order valence-electron chi connectivity index (χ2n) is 10.7. The Hall–Kier alpha value is -2.86. The molecule has 0 bridgehead atoms. The number of imidazole rings is 1. The molecule has 2 aliphatic heterocycles. The molecule has 1 spiro atoms. The van der Waals surface area contributed by atoms with E-state index in [1.54, 1.807) is 6.20 Å². The number of carbonyl (C=O) groups is 1. The molecule has 3 fully saturated rings. The topological polar surface area (TPSA) is 66.9 Å². The third kappa shape index (κ3) is 4.20. The molecule has 1 aromatic carbocycles. The number of nitrogens with zero attached hydrogens (tertiary/aromatic N) is 4. The van der Waals surface area contributed by atoms with Crippen LogP contribution in [0.15, 0.2) is 48.8 Å². The van der Waals surface area contributed by atoms with Crippen molar-refractivity contribution in [2.45, 2.75) is 57.4 Å². The van der Waals surface area contributed by atoms with E-state index >= 15 is 0 Å². The first-order valence-corrected chi connectivity index (χ1v) is 12.9. The lowest BCUT2D eigenvalue weighted by molar-refractivity contribution is 0.0306. The Morgan fingerprint density at radius 3 is 2.32 bits per heavy atom. The van der Waals surface area contributed by atoms with Crippen LogP contribution in [0.3, 0.4) is 0 Å². The number of hydrogen-bond donors (Lipinski definition) is 1. The Balaban J connectivity index is 1.05. The van der Waals surface area contributed by atoms with Crippen LogP contribution in [0.2, 0.25) is 0 Å². The van der Waals surface area contributed by atoms with Gasteiger partial charge < -0.3 is 19.9 Å². The lowest BCUT2D eigenvalue weighted by Crippen LogP contribution is -2.50. The summed E-state index contributed by atoms with van der Waals surface area (Å²) in [6, 6.07) is 14.1. The van der Waals surface area contributed by atoms with E-state index < -0.39 is 5.91 Å². The van der Waals surface area contributed by atoms with Gasteiger partial charge in [-0.3, -0.25) is 4.79 Å². The van der Waals surface area contributed by atoms with Gasteiger partial charge in [0.25, 0.3) is 5.91 Å². The van der Waals surface area contributed by atoms with Gasteiger partial charge in [0, 0.05) is 37.2 Å². The number of rotatable bonds is 5. The second-order valence-corrected chi connectivity index (χ2v) is 10.7. The van der Waals surface area contributed by atoms with Gasteiger partial charge in [0.2, 0.25) is 0 Å². The maximum Gasteiger partial charge on any atom is 0.268 e. The van der Waals surface area contributed by atoms with Gasteiger partial charge in [-0.25, -0.2) is 4.98 Å². The highest BCUT2D eigenvalue weighted by Crippen LogP contribution is 2.43. The van der Waals surface area contributed by atoms with Gasteiger partial charge in [0.1, 0.15) is 11.3 Å². The van der Waals surface area contributed by atoms with Crippen LogP contribution < -0.4 is 10.6 Å². The number of likely N-dealkylation sites (tertiary alicyclic amines) is 1. The molecule has 0 unspecified atom stereocenters. The number of nitrogens with two attached hydrogens (primary N) is 1. The molecule has 4 heterocycles. The first-order valence-electron chi connectivity index (χ1n) is 12.9. The number of fused-ring (bicyclic) bond motifs is 1. The number of pyridine rings is 1. The average molecular weight is 458 g/mol. The largest absolute Gasteiger partial charge is 0.371 e. The van der Waals surface area contributed by atoms with Gasteiger partial charge in [0.05, 0.1) is 0 Å². The lowest BCUT2D eigenvalue weighted by Gasteiger charge is -2.50. The quantitative estimate of drug-likeness (QED) is 0.622. The van der Waals surface area contributed by atoms with E-state index in [9.17, 15) is 4.79 Å². The Labute approximate surface area is 201 Å². The molecule has 2 N–H and O–H groups in total. The SMILES string of the molecule is NC(=O)c1cn2ccc(Cc3ccc(N4CCC5(CC4)CCN(C4CCC4)CC5)cc3)cc2n1. The van der Waals surface area contributed by atoms with Crippen LogP contribution in [0, 0.1) is 5.41 Å². The van der Waals surface area contributed by atoms with Crippen LogP contribution in [0.5, 0.6) is 0 Å². The van der Waals surface area contributed by atoms with E-state index in [1.807, 2.05) is 16.7 Å². The van der Waals surface area contributed by atoms with Gasteiger partial charge >= 0.3 is 0 Å². The highest BCUT2D eigenvalue weighted by molar-refractivity contribution is 5.91. The van der Waals surface area contributed by atoms with Crippen LogP contribution in [-0.2, 0) is 6.42 Å². The summed E-state index contributed by atoms with van der Waals surface area (Å²) in [6.07, 6.45) is 14.3. The van der Waals surface area contributed by atoms with E-state index in [0.29, 0.717) is 11.1 Å². The molecule has 1 amide bonds. The Bertz CT molecular complexity index is 1160. The zero-order valence-corrected chi connectivity index (χ0v) is 20.0. The molecular weight excluding hydrogens is 422 g/mol. The van der Waals surface area contributed by atoms with Crippen LogP contribution >= 0.6 is 0 Å². The minimum absolute atomic E-state index is 0.300. The lowest BCUT2D eigenvalue weighted by atomic mass is 9.70. The second kappa shape index (κ2) is 8.73. The summed E-state index contributed by atoms with van der Waals surface area (Å²) in [6.45, 7) is 5.02. The van der Waals surface area contributed by atoms with E-state index in [4.69, 9.17) is 5.73 Å². The summed E-state index contributed by atoms with van der Waals surface area (Å²) in [5.41, 5.74) is 10.8. The van der Waals surface area contributed by atoms with Crippen molar-refractivity contribution in [3.8, 4) is 0 Å². The minimum atomic E-state index is -0.497. The summed E-state index contributed by atoms with van der Waals surface area (Å²) in [5, 5.41) is 0. The average Bonchev–Trinajstić information content (AvgIpc) is 3.25. The zero-order valence-electron chi connectivity index (χ0n) is 20.0. The monoisotopic (exact) mass is 457 g/mol. The van der Waals surface area contributed by atoms with Crippen molar-refractivity contribution in [3.05, 3.63) is 65.6 Å². The van der Waals surface area contributed by atoms with Crippen molar-refractivity contribution in [2.75, 3.05) is 31.1 Å². The molecular formula is C28H35N5O. The van der Waals surface area contributed by atoms with Gasteiger partial charge in [-0.05, 0) is 98.8 Å². The van der Waals surface area contributed by atoms with Crippen LogP contribution in [0.25, 0.3) is 5.65 Å². The standard InChI is InChI=1S/C28H35N5O/c29-27(34)25-20-33-13-8-22(19-26(33)30-25)18-21-4-6-24(7-5-21)32-16-11-28(12-17-32)9-14-31(15-10-28)23-2-1-3-23/h4-8,13,19-20,23H,1-3,9-12,14-18H2,(H2,29,34). The smallest absolute Gasteiger partial charge is 0.268 e. The molecule has 2 aromatic heterocycles. The van der Waals surface area contributed by atoms with Crippen molar-refractivity contribution >= 4 is 17.2 Å². The molecule has 0 radical (unpaired) electrons. The van der Waals surface area contributed by atoms with Crippen molar-refractivity contribution in [3.63, 3.8) is 0 Å².